The molecule has 4 nitrogen and oxygen atoms in total. The quantitative estimate of drug-likeness (QED) is 0.840. The van der Waals surface area contributed by atoms with Crippen molar-refractivity contribution in [1.29, 1.82) is 0 Å². The first-order valence-corrected chi connectivity index (χ1v) is 6.84. The van der Waals surface area contributed by atoms with Crippen molar-refractivity contribution in [2.45, 2.75) is 19.4 Å². The normalized spacial score (nSPS) is 18.1. The Morgan fingerprint density at radius 3 is 2.88 bits per heavy atom. The third kappa shape index (κ3) is 3.06. The molecule has 3 N–H and O–H groups in total. The lowest BCUT2D eigenvalue weighted by Crippen LogP contribution is -2.47. The number of piperazine rings is 1. The van der Waals surface area contributed by atoms with Crippen LogP contribution in [0, 0.1) is 6.92 Å². The van der Waals surface area contributed by atoms with Crippen molar-refractivity contribution in [3.05, 3.63) is 21.9 Å². The third-order valence-electron chi connectivity index (χ3n) is 3.10. The predicted molar refractivity (Wildman–Crippen MR) is 70.1 cm³/mol. The maximum Gasteiger partial charge on any atom is 0.224 e. The zero-order valence-corrected chi connectivity index (χ0v) is 10.9. The second-order valence-electron chi connectivity index (χ2n) is 4.41. The van der Waals surface area contributed by atoms with Crippen LogP contribution in [-0.2, 0) is 4.79 Å². The zero-order chi connectivity index (χ0) is 12.3. The van der Waals surface area contributed by atoms with E-state index in [-0.39, 0.29) is 11.9 Å². The number of thiophene rings is 1. The topological polar surface area (TPSA) is 58.4 Å². The number of hydrogen-bond acceptors (Lipinski definition) is 4. The number of carbonyl (C=O) groups excluding carboxylic acids is 1. The average Bonchev–Trinajstić information content (AvgIpc) is 2.76. The number of rotatable bonds is 3. The molecule has 1 amide bonds. The highest BCUT2D eigenvalue weighted by atomic mass is 32.1. The van der Waals surface area contributed by atoms with E-state index >= 15 is 0 Å². The molecule has 1 unspecified atom stereocenters. The molecule has 17 heavy (non-hydrogen) atoms. The molecule has 2 heterocycles. The highest BCUT2D eigenvalue weighted by Gasteiger charge is 2.20. The van der Waals surface area contributed by atoms with Crippen LogP contribution in [0.4, 0.5) is 0 Å². The predicted octanol–water partition coefficient (Wildman–Crippen LogP) is 0.878. The summed E-state index contributed by atoms with van der Waals surface area (Å²) in [5, 5.41) is 5.26. The minimum atomic E-state index is -0.155. The van der Waals surface area contributed by atoms with Gasteiger partial charge in [0.05, 0.1) is 0 Å². The summed E-state index contributed by atoms with van der Waals surface area (Å²) in [6.45, 7) is 5.42. The van der Waals surface area contributed by atoms with Crippen molar-refractivity contribution in [1.82, 2.24) is 10.2 Å². The Morgan fingerprint density at radius 2 is 2.29 bits per heavy atom. The Labute approximate surface area is 106 Å². The van der Waals surface area contributed by atoms with Crippen molar-refractivity contribution >= 4 is 17.2 Å². The molecular formula is C12H19N3OS. The molecule has 0 aliphatic carbocycles. The highest BCUT2D eigenvalue weighted by Crippen LogP contribution is 2.24. The lowest BCUT2D eigenvalue weighted by Gasteiger charge is -2.28. The first-order chi connectivity index (χ1) is 8.18. The lowest BCUT2D eigenvalue weighted by molar-refractivity contribution is -0.132. The second-order valence-corrected chi connectivity index (χ2v) is 5.36. The van der Waals surface area contributed by atoms with Crippen LogP contribution in [0.2, 0.25) is 0 Å². The summed E-state index contributed by atoms with van der Waals surface area (Å²) in [4.78, 5) is 15.1. The summed E-state index contributed by atoms with van der Waals surface area (Å²) in [5.41, 5.74) is 7.29. The second kappa shape index (κ2) is 5.62. The molecule has 1 aromatic heterocycles. The highest BCUT2D eigenvalue weighted by molar-refractivity contribution is 7.10. The molecule has 0 bridgehead atoms. The summed E-state index contributed by atoms with van der Waals surface area (Å²) in [6, 6.07) is 1.90. The van der Waals surface area contributed by atoms with Gasteiger partial charge in [-0.3, -0.25) is 4.79 Å². The molecule has 0 saturated carbocycles. The van der Waals surface area contributed by atoms with Gasteiger partial charge in [0.25, 0.3) is 0 Å². The summed E-state index contributed by atoms with van der Waals surface area (Å²) in [5.74, 6) is 0.173. The molecule has 0 aromatic carbocycles. The molecule has 1 aromatic rings. The van der Waals surface area contributed by atoms with Crippen LogP contribution >= 0.6 is 11.3 Å². The number of amides is 1. The van der Waals surface area contributed by atoms with E-state index < -0.39 is 0 Å². The Bertz CT molecular complexity index is 385. The summed E-state index contributed by atoms with van der Waals surface area (Å²) < 4.78 is 0. The van der Waals surface area contributed by atoms with E-state index in [1.54, 1.807) is 11.3 Å². The standard InChI is InChI=1S/C12H19N3OS/c1-9-2-7-17-12(9)10(13)8-11(16)15-5-3-14-4-6-15/h2,7,10,14H,3-6,8,13H2,1H3. The van der Waals surface area contributed by atoms with Crippen LogP contribution < -0.4 is 11.1 Å². The van der Waals surface area contributed by atoms with Crippen LogP contribution in [0.1, 0.15) is 22.9 Å². The number of carbonyl (C=O) groups is 1. The van der Waals surface area contributed by atoms with Gasteiger partial charge in [0.15, 0.2) is 0 Å². The van der Waals surface area contributed by atoms with Gasteiger partial charge in [0.1, 0.15) is 0 Å². The number of hydrogen-bond donors (Lipinski definition) is 2. The molecule has 1 aliphatic rings. The molecule has 94 valence electrons. The van der Waals surface area contributed by atoms with E-state index in [1.165, 1.54) is 5.56 Å². The van der Waals surface area contributed by atoms with Crippen molar-refractivity contribution in [2.24, 2.45) is 5.73 Å². The zero-order valence-electron chi connectivity index (χ0n) is 10.1. The molecule has 1 aliphatic heterocycles. The summed E-state index contributed by atoms with van der Waals surface area (Å²) >= 11 is 1.64. The molecule has 0 radical (unpaired) electrons. The van der Waals surface area contributed by atoms with E-state index in [4.69, 9.17) is 5.73 Å². The fourth-order valence-electron chi connectivity index (χ4n) is 2.09. The molecule has 1 fully saturated rings. The first-order valence-electron chi connectivity index (χ1n) is 5.96. The Morgan fingerprint density at radius 1 is 1.59 bits per heavy atom. The first kappa shape index (κ1) is 12.5. The molecule has 5 heteroatoms. The number of aryl methyl sites for hydroxylation is 1. The van der Waals surface area contributed by atoms with Crippen molar-refractivity contribution in [2.75, 3.05) is 26.2 Å². The molecule has 2 rings (SSSR count). The largest absolute Gasteiger partial charge is 0.340 e. The third-order valence-corrected chi connectivity index (χ3v) is 4.25. The fourth-order valence-corrected chi connectivity index (χ4v) is 3.02. The van der Waals surface area contributed by atoms with Gasteiger partial charge in [0, 0.05) is 43.5 Å². The van der Waals surface area contributed by atoms with Crippen molar-refractivity contribution < 1.29 is 4.79 Å². The van der Waals surface area contributed by atoms with E-state index in [9.17, 15) is 4.79 Å². The van der Waals surface area contributed by atoms with Crippen LogP contribution in [0.5, 0.6) is 0 Å². The summed E-state index contributed by atoms with van der Waals surface area (Å²) in [6.07, 6.45) is 0.418. The smallest absolute Gasteiger partial charge is 0.224 e. The van der Waals surface area contributed by atoms with Gasteiger partial charge in [-0.15, -0.1) is 11.3 Å². The van der Waals surface area contributed by atoms with Gasteiger partial charge in [-0.2, -0.15) is 0 Å². The van der Waals surface area contributed by atoms with E-state index in [0.717, 1.165) is 31.1 Å². The van der Waals surface area contributed by atoms with Gasteiger partial charge in [-0.25, -0.2) is 0 Å². The van der Waals surface area contributed by atoms with Crippen LogP contribution in [-0.4, -0.2) is 37.0 Å². The Hall–Kier alpha value is -0.910. The molecule has 1 saturated heterocycles. The minimum Gasteiger partial charge on any atom is -0.340 e. The average molecular weight is 253 g/mol. The van der Waals surface area contributed by atoms with Gasteiger partial charge in [-0.05, 0) is 23.9 Å². The van der Waals surface area contributed by atoms with Crippen LogP contribution in [0.25, 0.3) is 0 Å². The van der Waals surface area contributed by atoms with E-state index in [1.807, 2.05) is 17.2 Å². The van der Waals surface area contributed by atoms with Gasteiger partial charge in [0.2, 0.25) is 5.91 Å². The fraction of sp³-hybridized carbons (Fsp3) is 0.583. The van der Waals surface area contributed by atoms with Gasteiger partial charge < -0.3 is 16.0 Å². The molecule has 1 atom stereocenters. The SMILES string of the molecule is Cc1ccsc1C(N)CC(=O)N1CCNCC1. The number of nitrogens with two attached hydrogens (primary N) is 1. The molecular weight excluding hydrogens is 234 g/mol. The van der Waals surface area contributed by atoms with Crippen molar-refractivity contribution in [3.8, 4) is 0 Å². The van der Waals surface area contributed by atoms with Crippen LogP contribution in [0.15, 0.2) is 11.4 Å². The Balaban J connectivity index is 1.92. The Kier molecular flexibility index (Phi) is 4.15. The van der Waals surface area contributed by atoms with E-state index in [0.29, 0.717) is 6.42 Å². The van der Waals surface area contributed by atoms with Gasteiger partial charge >= 0.3 is 0 Å². The van der Waals surface area contributed by atoms with Gasteiger partial charge in [-0.1, -0.05) is 0 Å². The van der Waals surface area contributed by atoms with Crippen molar-refractivity contribution in [3.63, 3.8) is 0 Å². The minimum absolute atomic E-state index is 0.155. The number of nitrogens with zero attached hydrogens (tertiary/aromatic N) is 1. The maximum atomic E-state index is 12.0. The number of nitrogens with one attached hydrogen (secondary N) is 1. The summed E-state index contributed by atoms with van der Waals surface area (Å²) in [7, 11) is 0. The van der Waals surface area contributed by atoms with E-state index in [2.05, 4.69) is 11.4 Å². The maximum absolute atomic E-state index is 12.0. The monoisotopic (exact) mass is 253 g/mol. The molecule has 0 spiro atoms. The lowest BCUT2D eigenvalue weighted by atomic mass is 10.1. The van der Waals surface area contributed by atoms with Crippen LogP contribution in [0.3, 0.4) is 0 Å².